The summed E-state index contributed by atoms with van der Waals surface area (Å²) >= 11 is 0. The molecule has 2 aromatic carbocycles. The Hall–Kier alpha value is -3.26. The highest BCUT2D eigenvalue weighted by molar-refractivity contribution is 7.92. The van der Waals surface area contributed by atoms with Crippen molar-refractivity contribution >= 4 is 21.5 Å². The number of nitrogens with one attached hydrogen (secondary N) is 1. The van der Waals surface area contributed by atoms with E-state index in [2.05, 4.69) is 9.82 Å². The van der Waals surface area contributed by atoms with Crippen LogP contribution in [0.15, 0.2) is 52.2 Å². The van der Waals surface area contributed by atoms with Crippen molar-refractivity contribution in [2.75, 3.05) is 4.72 Å². The van der Waals surface area contributed by atoms with Crippen molar-refractivity contribution in [3.05, 3.63) is 75.1 Å². The molecule has 0 saturated carbocycles. The minimum Gasteiger partial charge on any atom is -0.295 e. The molecule has 0 fully saturated rings. The lowest BCUT2D eigenvalue weighted by Gasteiger charge is -2.20. The molecule has 33 heavy (non-hydrogen) atoms. The van der Waals surface area contributed by atoms with Gasteiger partial charge in [0.25, 0.3) is 15.6 Å². The molecule has 1 heterocycles. The number of nitrogens with zero attached hydrogens (tertiary/aromatic N) is 2. The van der Waals surface area contributed by atoms with Crippen LogP contribution in [0.5, 0.6) is 0 Å². The summed E-state index contributed by atoms with van der Waals surface area (Å²) in [6.07, 6.45) is 3.42. The van der Waals surface area contributed by atoms with Gasteiger partial charge in [0, 0.05) is 28.9 Å². The van der Waals surface area contributed by atoms with E-state index in [-0.39, 0.29) is 16.2 Å². The average molecular weight is 466 g/mol. The molecule has 8 heteroatoms. The molecular formula is C25H27N3O4S. The zero-order chi connectivity index (χ0) is 23.8. The maximum atomic E-state index is 13.2. The number of Topliss-reactive ketones (excluding diaryl/α,β-unsaturated/α-hetero) is 1. The first-order chi connectivity index (χ1) is 15.7. The largest absolute Gasteiger partial charge is 0.295 e. The molecule has 1 N–H and O–H groups in total. The van der Waals surface area contributed by atoms with E-state index >= 15 is 0 Å². The summed E-state index contributed by atoms with van der Waals surface area (Å²) in [5, 5.41) is 4.59. The fourth-order valence-electron chi connectivity index (χ4n) is 4.25. The van der Waals surface area contributed by atoms with Crippen LogP contribution in [-0.4, -0.2) is 24.0 Å². The second-order valence-corrected chi connectivity index (χ2v) is 10.0. The lowest BCUT2D eigenvalue weighted by molar-refractivity contribution is 0.101. The highest BCUT2D eigenvalue weighted by atomic mass is 32.2. The summed E-state index contributed by atoms with van der Waals surface area (Å²) in [5.41, 5.74) is 4.51. The Morgan fingerprint density at radius 2 is 1.73 bits per heavy atom. The van der Waals surface area contributed by atoms with Gasteiger partial charge in [-0.1, -0.05) is 12.1 Å². The van der Waals surface area contributed by atoms with Gasteiger partial charge < -0.3 is 0 Å². The van der Waals surface area contributed by atoms with Crippen LogP contribution in [0.2, 0.25) is 0 Å². The highest BCUT2D eigenvalue weighted by Gasteiger charge is 2.23. The van der Waals surface area contributed by atoms with Crippen molar-refractivity contribution in [1.29, 1.82) is 0 Å². The van der Waals surface area contributed by atoms with Crippen LogP contribution in [0.3, 0.4) is 0 Å². The number of carbonyl (C=O) groups excluding carboxylic acids is 1. The first-order valence-electron chi connectivity index (χ1n) is 11.1. The molecule has 1 aromatic heterocycles. The van der Waals surface area contributed by atoms with Crippen LogP contribution in [0, 0.1) is 6.92 Å². The molecule has 1 aliphatic rings. The molecule has 0 aliphatic heterocycles. The molecule has 4 rings (SSSR count). The summed E-state index contributed by atoms with van der Waals surface area (Å²) in [4.78, 5) is 24.4. The molecular weight excluding hydrogens is 438 g/mol. The van der Waals surface area contributed by atoms with Gasteiger partial charge in [-0.2, -0.15) is 5.10 Å². The van der Waals surface area contributed by atoms with Gasteiger partial charge in [-0.3, -0.25) is 14.3 Å². The van der Waals surface area contributed by atoms with E-state index in [9.17, 15) is 18.0 Å². The quantitative estimate of drug-likeness (QED) is 0.552. The molecule has 0 saturated heterocycles. The SMILES string of the molecule is CCn1nc(-c2ccc(C)c(S(=O)(=O)Nc3ccc(C(C)=O)cc3)c2)c2c(c1=O)CCCC2. The second kappa shape index (κ2) is 8.94. The average Bonchev–Trinajstić information content (AvgIpc) is 2.80. The van der Waals surface area contributed by atoms with E-state index in [4.69, 9.17) is 0 Å². The Bertz CT molecular complexity index is 1390. The third-order valence-electron chi connectivity index (χ3n) is 6.06. The summed E-state index contributed by atoms with van der Waals surface area (Å²) < 4.78 is 30.5. The topological polar surface area (TPSA) is 98.1 Å². The van der Waals surface area contributed by atoms with Crippen LogP contribution in [-0.2, 0) is 29.4 Å². The number of ketones is 1. The number of rotatable bonds is 6. The van der Waals surface area contributed by atoms with Crippen molar-refractivity contribution in [1.82, 2.24) is 9.78 Å². The first-order valence-corrected chi connectivity index (χ1v) is 12.6. The number of carbonyl (C=O) groups is 1. The van der Waals surface area contributed by atoms with Gasteiger partial charge >= 0.3 is 0 Å². The van der Waals surface area contributed by atoms with Gasteiger partial charge in [-0.25, -0.2) is 13.1 Å². The summed E-state index contributed by atoms with van der Waals surface area (Å²) in [6.45, 7) is 5.53. The van der Waals surface area contributed by atoms with Crippen molar-refractivity contribution in [3.8, 4) is 11.3 Å². The number of anilines is 1. The van der Waals surface area contributed by atoms with E-state index in [0.717, 1.165) is 36.8 Å². The van der Waals surface area contributed by atoms with Crippen molar-refractivity contribution in [2.45, 2.75) is 57.9 Å². The fraction of sp³-hybridized carbons (Fsp3) is 0.320. The van der Waals surface area contributed by atoms with Crippen LogP contribution in [0.4, 0.5) is 5.69 Å². The smallest absolute Gasteiger partial charge is 0.270 e. The van der Waals surface area contributed by atoms with Crippen LogP contribution in [0.1, 0.15) is 53.7 Å². The Labute approximate surface area is 193 Å². The molecule has 3 aromatic rings. The van der Waals surface area contributed by atoms with E-state index < -0.39 is 10.0 Å². The third-order valence-corrected chi connectivity index (χ3v) is 7.58. The standard InChI is InChI=1S/C25H27N3O4S/c1-4-28-25(30)22-8-6-5-7-21(22)24(26-28)19-10-9-16(2)23(15-19)33(31,32)27-20-13-11-18(12-14-20)17(3)29/h9-15,27H,4-8H2,1-3H3. The van der Waals surface area contributed by atoms with Crippen LogP contribution >= 0.6 is 0 Å². The van der Waals surface area contributed by atoms with Gasteiger partial charge in [-0.15, -0.1) is 0 Å². The highest BCUT2D eigenvalue weighted by Crippen LogP contribution is 2.31. The number of aryl methyl sites for hydroxylation is 2. The lowest BCUT2D eigenvalue weighted by Crippen LogP contribution is -2.30. The van der Waals surface area contributed by atoms with Gasteiger partial charge in [0.2, 0.25) is 0 Å². The Morgan fingerprint density at radius 1 is 1.06 bits per heavy atom. The number of fused-ring (bicyclic) bond motifs is 1. The maximum Gasteiger partial charge on any atom is 0.270 e. The predicted octanol–water partition coefficient (Wildman–Crippen LogP) is 4.12. The monoisotopic (exact) mass is 465 g/mol. The summed E-state index contributed by atoms with van der Waals surface area (Å²) in [7, 11) is -3.88. The van der Waals surface area contributed by atoms with Crippen LogP contribution in [0.25, 0.3) is 11.3 Å². The third kappa shape index (κ3) is 4.48. The van der Waals surface area contributed by atoms with E-state index in [1.54, 1.807) is 43.3 Å². The molecule has 0 bridgehead atoms. The summed E-state index contributed by atoms with van der Waals surface area (Å²) in [5.74, 6) is -0.0859. The Morgan fingerprint density at radius 3 is 2.36 bits per heavy atom. The molecule has 1 aliphatic carbocycles. The van der Waals surface area contributed by atoms with E-state index in [1.807, 2.05) is 13.0 Å². The van der Waals surface area contributed by atoms with Gasteiger partial charge in [0.15, 0.2) is 5.78 Å². The van der Waals surface area contributed by atoms with Crippen molar-refractivity contribution in [2.24, 2.45) is 0 Å². The summed E-state index contributed by atoms with van der Waals surface area (Å²) in [6, 6.07) is 11.6. The van der Waals surface area contributed by atoms with Crippen LogP contribution < -0.4 is 10.3 Å². The predicted molar refractivity (Wildman–Crippen MR) is 128 cm³/mol. The molecule has 0 spiro atoms. The number of benzene rings is 2. The minimum atomic E-state index is -3.88. The maximum absolute atomic E-state index is 13.2. The van der Waals surface area contributed by atoms with Crippen molar-refractivity contribution < 1.29 is 13.2 Å². The first kappa shape index (κ1) is 22.9. The van der Waals surface area contributed by atoms with Gasteiger partial charge in [0.05, 0.1) is 10.6 Å². The Balaban J connectivity index is 1.77. The number of sulfonamides is 1. The molecule has 0 amide bonds. The minimum absolute atomic E-state index is 0.0495. The number of hydrogen-bond acceptors (Lipinski definition) is 5. The van der Waals surface area contributed by atoms with Crippen molar-refractivity contribution in [3.63, 3.8) is 0 Å². The molecule has 0 unspecified atom stereocenters. The molecule has 0 radical (unpaired) electrons. The molecule has 172 valence electrons. The van der Waals surface area contributed by atoms with E-state index in [0.29, 0.717) is 34.6 Å². The zero-order valence-corrected chi connectivity index (χ0v) is 19.8. The number of aromatic nitrogens is 2. The fourth-order valence-corrected chi connectivity index (χ4v) is 5.58. The lowest BCUT2D eigenvalue weighted by atomic mass is 9.89. The van der Waals surface area contributed by atoms with Gasteiger partial charge in [0.1, 0.15) is 0 Å². The normalized spacial score (nSPS) is 13.4. The Kier molecular flexibility index (Phi) is 6.21. The molecule has 0 atom stereocenters. The molecule has 7 nitrogen and oxygen atoms in total. The zero-order valence-electron chi connectivity index (χ0n) is 19.0. The van der Waals surface area contributed by atoms with Gasteiger partial charge in [-0.05, 0) is 87.9 Å². The second-order valence-electron chi connectivity index (χ2n) is 8.35. The number of hydrogen-bond donors (Lipinski definition) is 1. The van der Waals surface area contributed by atoms with E-state index in [1.165, 1.54) is 11.6 Å².